The number of rotatable bonds is 6. The summed E-state index contributed by atoms with van der Waals surface area (Å²) in [6.07, 6.45) is 0. The van der Waals surface area contributed by atoms with E-state index in [1.54, 1.807) is 34.9 Å². The van der Waals surface area contributed by atoms with E-state index in [0.29, 0.717) is 15.4 Å². The minimum atomic E-state index is -0.549. The lowest BCUT2D eigenvalue weighted by Crippen LogP contribution is -2.21. The van der Waals surface area contributed by atoms with E-state index in [9.17, 15) is 14.4 Å². The number of ether oxygens (including phenoxy) is 1. The van der Waals surface area contributed by atoms with Gasteiger partial charge in [-0.2, -0.15) is 0 Å². The van der Waals surface area contributed by atoms with Crippen LogP contribution in [0.4, 0.5) is 5.00 Å². The molecule has 144 valence electrons. The molecule has 1 aromatic carbocycles. The van der Waals surface area contributed by atoms with Crippen LogP contribution < -0.4 is 5.32 Å². The molecular formula is C20H24N2O4S. The van der Waals surface area contributed by atoms with E-state index in [1.165, 1.54) is 4.90 Å². The summed E-state index contributed by atoms with van der Waals surface area (Å²) in [6.45, 7) is 5.40. The van der Waals surface area contributed by atoms with Crippen molar-refractivity contribution in [3.63, 3.8) is 0 Å². The second-order valence-electron chi connectivity index (χ2n) is 6.30. The summed E-state index contributed by atoms with van der Waals surface area (Å²) in [4.78, 5) is 39.4. The van der Waals surface area contributed by atoms with Crippen molar-refractivity contribution in [1.82, 2.24) is 4.90 Å². The average Bonchev–Trinajstić information content (AvgIpc) is 2.97. The molecule has 1 heterocycles. The highest BCUT2D eigenvalue weighted by atomic mass is 32.1. The molecular weight excluding hydrogens is 364 g/mol. The maximum absolute atomic E-state index is 12.7. The fourth-order valence-corrected chi connectivity index (χ4v) is 3.79. The third kappa shape index (κ3) is 4.54. The fraction of sp³-hybridized carbons (Fsp3) is 0.350. The van der Waals surface area contributed by atoms with E-state index in [4.69, 9.17) is 4.74 Å². The van der Waals surface area contributed by atoms with E-state index in [-0.39, 0.29) is 24.0 Å². The molecule has 2 aromatic rings. The molecule has 2 rings (SSSR count). The number of anilines is 1. The van der Waals surface area contributed by atoms with Crippen molar-refractivity contribution in [1.29, 1.82) is 0 Å². The van der Waals surface area contributed by atoms with Gasteiger partial charge in [-0.15, -0.1) is 11.3 Å². The summed E-state index contributed by atoms with van der Waals surface area (Å²) in [5.41, 5.74) is 1.62. The maximum Gasteiger partial charge on any atom is 0.341 e. The van der Waals surface area contributed by atoms with Crippen molar-refractivity contribution in [3.05, 3.63) is 51.9 Å². The number of amides is 2. The van der Waals surface area contributed by atoms with Crippen LogP contribution in [0.2, 0.25) is 0 Å². The molecule has 0 radical (unpaired) electrons. The van der Waals surface area contributed by atoms with Gasteiger partial charge in [0.15, 0.2) is 0 Å². The van der Waals surface area contributed by atoms with Gasteiger partial charge in [0.05, 0.1) is 23.0 Å². The van der Waals surface area contributed by atoms with Gasteiger partial charge >= 0.3 is 5.97 Å². The van der Waals surface area contributed by atoms with Crippen LogP contribution in [0.1, 0.15) is 50.9 Å². The zero-order valence-corrected chi connectivity index (χ0v) is 17.0. The molecule has 1 atom stereocenters. The standard InChI is InChI=1S/C20H24N2O4S/c1-6-26-20(25)15-13(3)16(19(24)22(4)5)27-18(15)21-17(23)12(2)14-10-8-7-9-11-14/h7-12H,6H2,1-5H3,(H,21,23)/t12-/m0/s1. The van der Waals surface area contributed by atoms with Crippen LogP contribution in [-0.4, -0.2) is 43.4 Å². The van der Waals surface area contributed by atoms with E-state index >= 15 is 0 Å². The molecule has 27 heavy (non-hydrogen) atoms. The smallest absolute Gasteiger partial charge is 0.341 e. The van der Waals surface area contributed by atoms with Crippen LogP contribution in [0.5, 0.6) is 0 Å². The van der Waals surface area contributed by atoms with E-state index in [2.05, 4.69) is 5.32 Å². The summed E-state index contributed by atoms with van der Waals surface area (Å²) >= 11 is 1.09. The number of carbonyl (C=O) groups excluding carboxylic acids is 3. The molecule has 0 fully saturated rings. The Morgan fingerprint density at radius 1 is 1.19 bits per heavy atom. The van der Waals surface area contributed by atoms with Crippen LogP contribution in [0.25, 0.3) is 0 Å². The van der Waals surface area contributed by atoms with E-state index < -0.39 is 11.9 Å². The number of carbonyl (C=O) groups is 3. The zero-order chi connectivity index (χ0) is 20.1. The molecule has 1 N–H and O–H groups in total. The zero-order valence-electron chi connectivity index (χ0n) is 16.2. The number of nitrogens with zero attached hydrogens (tertiary/aromatic N) is 1. The Bertz CT molecular complexity index is 843. The highest BCUT2D eigenvalue weighted by Gasteiger charge is 2.28. The summed E-state index contributed by atoms with van der Waals surface area (Å²) in [7, 11) is 3.28. The number of esters is 1. The molecule has 0 saturated heterocycles. The van der Waals surface area contributed by atoms with Crippen LogP contribution >= 0.6 is 11.3 Å². The van der Waals surface area contributed by atoms with E-state index in [1.807, 2.05) is 30.3 Å². The monoisotopic (exact) mass is 388 g/mol. The van der Waals surface area contributed by atoms with Crippen molar-refractivity contribution < 1.29 is 19.1 Å². The minimum Gasteiger partial charge on any atom is -0.462 e. The molecule has 0 saturated carbocycles. The van der Waals surface area contributed by atoms with Crippen molar-refractivity contribution in [2.24, 2.45) is 0 Å². The Morgan fingerprint density at radius 2 is 1.81 bits per heavy atom. The van der Waals surface area contributed by atoms with Crippen molar-refractivity contribution in [2.75, 3.05) is 26.0 Å². The van der Waals surface area contributed by atoms with Crippen LogP contribution in [-0.2, 0) is 9.53 Å². The quantitative estimate of drug-likeness (QED) is 0.766. The normalized spacial score (nSPS) is 11.6. The number of thiophene rings is 1. The summed E-state index contributed by atoms with van der Waals surface area (Å²) < 4.78 is 5.12. The SMILES string of the molecule is CCOC(=O)c1c(NC(=O)[C@@H](C)c2ccccc2)sc(C(=O)N(C)C)c1C. The summed E-state index contributed by atoms with van der Waals surface area (Å²) in [5, 5.41) is 3.15. The van der Waals surface area contributed by atoms with Crippen molar-refractivity contribution in [3.8, 4) is 0 Å². The van der Waals surface area contributed by atoms with Gasteiger partial charge in [-0.1, -0.05) is 30.3 Å². The molecule has 2 amide bonds. The van der Waals surface area contributed by atoms with Crippen molar-refractivity contribution >= 4 is 34.1 Å². The fourth-order valence-electron chi connectivity index (χ4n) is 2.57. The third-order valence-electron chi connectivity index (χ3n) is 4.16. The summed E-state index contributed by atoms with van der Waals surface area (Å²) in [5.74, 6) is -1.43. The van der Waals surface area contributed by atoms with Gasteiger partial charge in [-0.25, -0.2) is 4.79 Å². The summed E-state index contributed by atoms with van der Waals surface area (Å²) in [6, 6.07) is 9.36. The molecule has 0 spiro atoms. The van der Waals surface area contributed by atoms with Crippen LogP contribution in [0.3, 0.4) is 0 Å². The van der Waals surface area contributed by atoms with Gasteiger partial charge in [-0.3, -0.25) is 9.59 Å². The van der Waals surface area contributed by atoms with Crippen LogP contribution in [0, 0.1) is 6.92 Å². The van der Waals surface area contributed by atoms with Crippen LogP contribution in [0.15, 0.2) is 30.3 Å². The largest absolute Gasteiger partial charge is 0.462 e. The van der Waals surface area contributed by atoms with Gasteiger partial charge < -0.3 is 15.0 Å². The average molecular weight is 388 g/mol. The molecule has 0 aliphatic carbocycles. The number of benzene rings is 1. The van der Waals surface area contributed by atoms with Crippen molar-refractivity contribution in [2.45, 2.75) is 26.7 Å². The first kappa shape index (κ1) is 20.6. The first-order valence-corrected chi connectivity index (χ1v) is 9.47. The van der Waals surface area contributed by atoms with Gasteiger partial charge in [0.2, 0.25) is 5.91 Å². The Morgan fingerprint density at radius 3 is 2.37 bits per heavy atom. The van der Waals surface area contributed by atoms with Gasteiger partial charge in [0, 0.05) is 14.1 Å². The second-order valence-corrected chi connectivity index (χ2v) is 7.32. The molecule has 0 unspecified atom stereocenters. The number of hydrogen-bond donors (Lipinski definition) is 1. The molecule has 6 nitrogen and oxygen atoms in total. The number of nitrogens with one attached hydrogen (secondary N) is 1. The Labute approximate surface area is 163 Å². The first-order chi connectivity index (χ1) is 12.8. The molecule has 7 heteroatoms. The highest BCUT2D eigenvalue weighted by molar-refractivity contribution is 7.18. The Kier molecular flexibility index (Phi) is 6.74. The van der Waals surface area contributed by atoms with Gasteiger partial charge in [0.25, 0.3) is 5.91 Å². The molecule has 1 aromatic heterocycles. The van der Waals surface area contributed by atoms with Gasteiger partial charge in [0.1, 0.15) is 5.00 Å². The maximum atomic E-state index is 12.7. The molecule has 0 aliphatic rings. The topological polar surface area (TPSA) is 75.7 Å². The lowest BCUT2D eigenvalue weighted by atomic mass is 10.0. The highest BCUT2D eigenvalue weighted by Crippen LogP contribution is 2.35. The molecule has 0 aliphatic heterocycles. The Hall–Kier alpha value is -2.67. The number of hydrogen-bond acceptors (Lipinski definition) is 5. The first-order valence-electron chi connectivity index (χ1n) is 8.65. The molecule has 0 bridgehead atoms. The Balaban J connectivity index is 2.39. The predicted octanol–water partition coefficient (Wildman–Crippen LogP) is 3.68. The lowest BCUT2D eigenvalue weighted by Gasteiger charge is -2.12. The minimum absolute atomic E-state index is 0.207. The van der Waals surface area contributed by atoms with E-state index in [0.717, 1.165) is 16.9 Å². The predicted molar refractivity (Wildman–Crippen MR) is 107 cm³/mol. The van der Waals surface area contributed by atoms with Gasteiger partial charge in [-0.05, 0) is 31.9 Å². The third-order valence-corrected chi connectivity index (χ3v) is 5.35. The lowest BCUT2D eigenvalue weighted by molar-refractivity contribution is -0.117. The second kappa shape index (κ2) is 8.81.